The molecule has 2 heterocycles. The van der Waals surface area contributed by atoms with Gasteiger partial charge in [0.2, 0.25) is 0 Å². The van der Waals surface area contributed by atoms with Gasteiger partial charge in [-0.05, 0) is 30.0 Å². The van der Waals surface area contributed by atoms with Crippen LogP contribution >= 0.6 is 34.3 Å². The second-order valence-electron chi connectivity index (χ2n) is 4.60. The summed E-state index contributed by atoms with van der Waals surface area (Å²) in [6.07, 6.45) is 0.746. The Morgan fingerprint density at radius 2 is 2.20 bits per heavy atom. The highest BCUT2D eigenvalue weighted by Gasteiger charge is 2.19. The van der Waals surface area contributed by atoms with E-state index in [-0.39, 0.29) is 6.04 Å². The Morgan fingerprint density at radius 3 is 2.85 bits per heavy atom. The van der Waals surface area contributed by atoms with Crippen molar-refractivity contribution in [2.24, 2.45) is 5.84 Å². The summed E-state index contributed by atoms with van der Waals surface area (Å²) in [4.78, 5) is 5.72. The molecule has 3 N–H and O–H groups in total. The maximum Gasteiger partial charge on any atom is 0.0958 e. The number of nitrogens with two attached hydrogens (primary N) is 1. The summed E-state index contributed by atoms with van der Waals surface area (Å²) in [5.41, 5.74) is 4.99. The standard InChI is InChI=1S/C14H14ClN3S2/c1-8-7-19-14(13(8)15)10(18-16)6-12-17-9-4-2-3-5-11(9)20-12/h2-5,7,10,18H,6,16H2,1H3. The van der Waals surface area contributed by atoms with Crippen molar-refractivity contribution in [1.82, 2.24) is 10.4 Å². The van der Waals surface area contributed by atoms with Crippen LogP contribution in [0.4, 0.5) is 0 Å². The Morgan fingerprint density at radius 1 is 1.40 bits per heavy atom. The molecule has 0 saturated carbocycles. The molecule has 6 heteroatoms. The molecule has 3 aromatic rings. The third-order valence-electron chi connectivity index (χ3n) is 3.16. The summed E-state index contributed by atoms with van der Waals surface area (Å²) in [6.45, 7) is 2.01. The zero-order valence-electron chi connectivity index (χ0n) is 10.9. The molecule has 0 fully saturated rings. The number of thiazole rings is 1. The van der Waals surface area contributed by atoms with Crippen LogP contribution in [0.1, 0.15) is 21.5 Å². The van der Waals surface area contributed by atoms with Crippen LogP contribution in [0, 0.1) is 6.92 Å². The molecule has 1 aromatic carbocycles. The molecule has 0 radical (unpaired) electrons. The Balaban J connectivity index is 1.89. The minimum atomic E-state index is 0.00163. The van der Waals surface area contributed by atoms with E-state index in [1.807, 2.05) is 25.1 Å². The minimum Gasteiger partial charge on any atom is -0.271 e. The van der Waals surface area contributed by atoms with Crippen molar-refractivity contribution >= 4 is 44.5 Å². The molecular weight excluding hydrogens is 310 g/mol. The smallest absolute Gasteiger partial charge is 0.0958 e. The fourth-order valence-electron chi connectivity index (χ4n) is 2.09. The number of thiophene rings is 1. The van der Waals surface area contributed by atoms with Gasteiger partial charge in [0.05, 0.1) is 26.3 Å². The summed E-state index contributed by atoms with van der Waals surface area (Å²) >= 11 is 9.67. The SMILES string of the molecule is Cc1csc(C(Cc2nc3ccccc3s2)NN)c1Cl. The average Bonchev–Trinajstić information content (AvgIpc) is 3.01. The molecule has 0 bridgehead atoms. The van der Waals surface area contributed by atoms with Crippen molar-refractivity contribution in [3.63, 3.8) is 0 Å². The second-order valence-corrected chi connectivity index (χ2v) is 7.00. The van der Waals surface area contributed by atoms with Crippen molar-refractivity contribution < 1.29 is 0 Å². The number of aryl methyl sites for hydroxylation is 1. The number of aromatic nitrogens is 1. The van der Waals surface area contributed by atoms with Gasteiger partial charge in [-0.1, -0.05) is 23.7 Å². The molecule has 2 aromatic heterocycles. The largest absolute Gasteiger partial charge is 0.271 e. The number of hydrazine groups is 1. The first-order valence-corrected chi connectivity index (χ1v) is 8.30. The Kier molecular flexibility index (Phi) is 4.05. The van der Waals surface area contributed by atoms with Crippen molar-refractivity contribution in [3.05, 3.63) is 50.1 Å². The first-order valence-electron chi connectivity index (χ1n) is 6.23. The number of rotatable bonds is 4. The molecule has 0 spiro atoms. The molecule has 0 amide bonds. The molecule has 0 aliphatic rings. The van der Waals surface area contributed by atoms with Crippen molar-refractivity contribution in [2.75, 3.05) is 0 Å². The molecule has 0 aliphatic carbocycles. The van der Waals surface area contributed by atoms with E-state index in [0.717, 1.165) is 32.4 Å². The summed E-state index contributed by atoms with van der Waals surface area (Å²) in [5, 5.41) is 3.93. The number of hydrogen-bond donors (Lipinski definition) is 2. The van der Waals surface area contributed by atoms with E-state index in [9.17, 15) is 0 Å². The predicted molar refractivity (Wildman–Crippen MR) is 87.5 cm³/mol. The predicted octanol–water partition coefficient (Wildman–Crippen LogP) is 4.07. The lowest BCUT2D eigenvalue weighted by atomic mass is 10.1. The van der Waals surface area contributed by atoms with Gasteiger partial charge in [0.1, 0.15) is 0 Å². The fourth-order valence-corrected chi connectivity index (χ4v) is 4.49. The highest BCUT2D eigenvalue weighted by atomic mass is 35.5. The highest BCUT2D eigenvalue weighted by molar-refractivity contribution is 7.18. The maximum absolute atomic E-state index is 6.33. The number of para-hydroxylation sites is 1. The molecule has 3 nitrogen and oxygen atoms in total. The molecule has 0 aliphatic heterocycles. The Hall–Kier alpha value is -0.980. The van der Waals surface area contributed by atoms with Crippen molar-refractivity contribution in [1.29, 1.82) is 0 Å². The lowest BCUT2D eigenvalue weighted by Crippen LogP contribution is -2.29. The van der Waals surface area contributed by atoms with Crippen molar-refractivity contribution in [2.45, 2.75) is 19.4 Å². The normalized spacial score (nSPS) is 12.9. The topological polar surface area (TPSA) is 50.9 Å². The van der Waals surface area contributed by atoms with E-state index in [0.29, 0.717) is 0 Å². The van der Waals surface area contributed by atoms with E-state index >= 15 is 0 Å². The van der Waals surface area contributed by atoms with Gasteiger partial charge in [0.25, 0.3) is 0 Å². The van der Waals surface area contributed by atoms with Crippen molar-refractivity contribution in [3.8, 4) is 0 Å². The number of halogens is 1. The Bertz CT molecular complexity index is 702. The molecular formula is C14H14ClN3S2. The van der Waals surface area contributed by atoms with Crippen LogP contribution in [-0.2, 0) is 6.42 Å². The molecule has 104 valence electrons. The lowest BCUT2D eigenvalue weighted by molar-refractivity contribution is 0.560. The van der Waals surface area contributed by atoms with Gasteiger partial charge in [-0.3, -0.25) is 11.3 Å². The van der Waals surface area contributed by atoms with Gasteiger partial charge < -0.3 is 0 Å². The van der Waals surface area contributed by atoms with Crippen LogP contribution in [0.5, 0.6) is 0 Å². The summed E-state index contributed by atoms with van der Waals surface area (Å²) in [6, 6.07) is 8.15. The first-order chi connectivity index (χ1) is 9.69. The zero-order chi connectivity index (χ0) is 14.1. The lowest BCUT2D eigenvalue weighted by Gasteiger charge is -2.13. The summed E-state index contributed by atoms with van der Waals surface area (Å²) in [5.74, 6) is 5.70. The average molecular weight is 324 g/mol. The van der Waals surface area contributed by atoms with Gasteiger partial charge in [-0.25, -0.2) is 4.98 Å². The number of nitrogens with one attached hydrogen (secondary N) is 1. The molecule has 0 saturated heterocycles. The minimum absolute atomic E-state index is 0.00163. The van der Waals surface area contributed by atoms with E-state index in [1.54, 1.807) is 22.7 Å². The fraction of sp³-hybridized carbons (Fsp3) is 0.214. The van der Waals surface area contributed by atoms with Crippen LogP contribution in [0.25, 0.3) is 10.2 Å². The zero-order valence-corrected chi connectivity index (χ0v) is 13.3. The van der Waals surface area contributed by atoms with E-state index in [2.05, 4.69) is 21.9 Å². The first kappa shape index (κ1) is 14.0. The number of hydrogen-bond acceptors (Lipinski definition) is 5. The van der Waals surface area contributed by atoms with Gasteiger partial charge in [-0.15, -0.1) is 22.7 Å². The summed E-state index contributed by atoms with van der Waals surface area (Å²) < 4.78 is 1.20. The molecule has 3 rings (SSSR count). The molecule has 1 atom stereocenters. The highest BCUT2D eigenvalue weighted by Crippen LogP contribution is 2.34. The van der Waals surface area contributed by atoms with Crippen LogP contribution in [-0.4, -0.2) is 4.98 Å². The van der Waals surface area contributed by atoms with Crippen LogP contribution in [0.2, 0.25) is 5.02 Å². The van der Waals surface area contributed by atoms with Gasteiger partial charge >= 0.3 is 0 Å². The third kappa shape index (κ3) is 2.60. The number of benzene rings is 1. The van der Waals surface area contributed by atoms with Crippen LogP contribution in [0.15, 0.2) is 29.6 Å². The summed E-state index contributed by atoms with van der Waals surface area (Å²) in [7, 11) is 0. The second kappa shape index (κ2) is 5.79. The maximum atomic E-state index is 6.33. The molecule has 1 unspecified atom stereocenters. The van der Waals surface area contributed by atoms with Gasteiger partial charge in [-0.2, -0.15) is 0 Å². The Labute approximate surface area is 130 Å². The van der Waals surface area contributed by atoms with Gasteiger partial charge in [0.15, 0.2) is 0 Å². The van der Waals surface area contributed by atoms with Crippen LogP contribution < -0.4 is 11.3 Å². The number of fused-ring (bicyclic) bond motifs is 1. The van der Waals surface area contributed by atoms with E-state index in [4.69, 9.17) is 17.4 Å². The monoisotopic (exact) mass is 323 g/mol. The number of nitrogens with zero attached hydrogens (tertiary/aromatic N) is 1. The van der Waals surface area contributed by atoms with Crippen LogP contribution in [0.3, 0.4) is 0 Å². The quantitative estimate of drug-likeness (QED) is 0.562. The van der Waals surface area contributed by atoms with E-state index in [1.165, 1.54) is 4.70 Å². The van der Waals surface area contributed by atoms with E-state index < -0.39 is 0 Å². The van der Waals surface area contributed by atoms with Gasteiger partial charge in [0, 0.05) is 11.3 Å². The molecule has 20 heavy (non-hydrogen) atoms. The third-order valence-corrected chi connectivity index (χ3v) is 6.05.